The zero-order valence-electron chi connectivity index (χ0n) is 11.6. The predicted octanol–water partition coefficient (Wildman–Crippen LogP) is 2.10. The Morgan fingerprint density at radius 3 is 3.00 bits per heavy atom. The van der Waals surface area contributed by atoms with Crippen molar-refractivity contribution < 1.29 is 14.6 Å². The number of aliphatic hydroxyl groups excluding tert-OH is 1. The summed E-state index contributed by atoms with van der Waals surface area (Å²) >= 11 is 0. The van der Waals surface area contributed by atoms with Gasteiger partial charge < -0.3 is 15.2 Å². The first-order valence-corrected chi connectivity index (χ1v) is 7.45. The summed E-state index contributed by atoms with van der Waals surface area (Å²) in [5.74, 6) is 0.800. The Balaban J connectivity index is 1.52. The highest BCUT2D eigenvalue weighted by Crippen LogP contribution is 2.32. The molecule has 1 amide bonds. The molecule has 108 valence electrons. The molecule has 2 aliphatic rings. The number of rotatable bonds is 5. The summed E-state index contributed by atoms with van der Waals surface area (Å²) in [7, 11) is 0. The molecule has 1 aromatic rings. The molecule has 1 aromatic carbocycles. The van der Waals surface area contributed by atoms with Gasteiger partial charge in [-0.05, 0) is 55.4 Å². The molecule has 20 heavy (non-hydrogen) atoms. The minimum atomic E-state index is -0.375. The summed E-state index contributed by atoms with van der Waals surface area (Å²) in [6.45, 7) is 0.382. The molecule has 0 aliphatic heterocycles. The molecule has 4 nitrogen and oxygen atoms in total. The number of hydrogen-bond acceptors (Lipinski definition) is 3. The molecule has 0 heterocycles. The maximum absolute atomic E-state index is 11.5. The Hall–Kier alpha value is -1.55. The second kappa shape index (κ2) is 5.83. The third-order valence-corrected chi connectivity index (χ3v) is 3.94. The zero-order chi connectivity index (χ0) is 13.9. The van der Waals surface area contributed by atoms with Crippen LogP contribution in [0.2, 0.25) is 0 Å². The van der Waals surface area contributed by atoms with Crippen molar-refractivity contribution in [3.63, 3.8) is 0 Å². The van der Waals surface area contributed by atoms with E-state index >= 15 is 0 Å². The van der Waals surface area contributed by atoms with Crippen LogP contribution in [0.25, 0.3) is 0 Å². The molecule has 0 bridgehead atoms. The van der Waals surface area contributed by atoms with Crippen molar-refractivity contribution in [3.8, 4) is 5.75 Å². The Bertz CT molecular complexity index is 496. The van der Waals surface area contributed by atoms with Crippen LogP contribution in [0.1, 0.15) is 49.3 Å². The fourth-order valence-corrected chi connectivity index (χ4v) is 2.63. The number of aryl methyl sites for hydroxylation is 1. The normalized spacial score (nSPS) is 21.1. The van der Waals surface area contributed by atoms with Gasteiger partial charge in [0.15, 0.2) is 0 Å². The van der Waals surface area contributed by atoms with Gasteiger partial charge in [-0.25, -0.2) is 0 Å². The van der Waals surface area contributed by atoms with E-state index in [0.717, 1.165) is 43.4 Å². The SMILES string of the molecule is O=C(CCOc1ccc2c(c1)[C@@H](O)CCC2)NC1CC1. The van der Waals surface area contributed by atoms with Crippen LogP contribution < -0.4 is 10.1 Å². The molecule has 2 N–H and O–H groups in total. The maximum Gasteiger partial charge on any atom is 0.223 e. The molecule has 0 saturated heterocycles. The van der Waals surface area contributed by atoms with E-state index in [-0.39, 0.29) is 12.0 Å². The average molecular weight is 275 g/mol. The lowest BCUT2D eigenvalue weighted by atomic mass is 9.89. The molecule has 1 saturated carbocycles. The van der Waals surface area contributed by atoms with E-state index in [0.29, 0.717) is 19.1 Å². The zero-order valence-corrected chi connectivity index (χ0v) is 11.6. The van der Waals surface area contributed by atoms with Crippen molar-refractivity contribution in [2.75, 3.05) is 6.61 Å². The van der Waals surface area contributed by atoms with Gasteiger partial charge in [-0.2, -0.15) is 0 Å². The van der Waals surface area contributed by atoms with Crippen LogP contribution in [0.4, 0.5) is 0 Å². The van der Waals surface area contributed by atoms with Crippen LogP contribution in [0.5, 0.6) is 5.75 Å². The highest BCUT2D eigenvalue weighted by Gasteiger charge is 2.23. The number of nitrogens with one attached hydrogen (secondary N) is 1. The Morgan fingerprint density at radius 1 is 1.35 bits per heavy atom. The smallest absolute Gasteiger partial charge is 0.223 e. The summed E-state index contributed by atoms with van der Waals surface area (Å²) < 4.78 is 5.62. The van der Waals surface area contributed by atoms with Gasteiger partial charge in [0, 0.05) is 6.04 Å². The molecule has 1 fully saturated rings. The van der Waals surface area contributed by atoms with Crippen molar-refractivity contribution in [3.05, 3.63) is 29.3 Å². The van der Waals surface area contributed by atoms with E-state index in [1.54, 1.807) is 0 Å². The van der Waals surface area contributed by atoms with Gasteiger partial charge in [0.2, 0.25) is 5.91 Å². The van der Waals surface area contributed by atoms with E-state index in [4.69, 9.17) is 4.74 Å². The van der Waals surface area contributed by atoms with Crippen LogP contribution in [-0.4, -0.2) is 23.7 Å². The molecule has 2 aliphatic carbocycles. The Labute approximate surface area is 119 Å². The quantitative estimate of drug-likeness (QED) is 0.865. The van der Waals surface area contributed by atoms with Crippen molar-refractivity contribution in [1.29, 1.82) is 0 Å². The minimum Gasteiger partial charge on any atom is -0.493 e. The first kappa shape index (κ1) is 13.4. The number of ether oxygens (including phenoxy) is 1. The van der Waals surface area contributed by atoms with Crippen molar-refractivity contribution in [1.82, 2.24) is 5.32 Å². The van der Waals surface area contributed by atoms with Crippen molar-refractivity contribution in [2.24, 2.45) is 0 Å². The number of amides is 1. The molecule has 0 aromatic heterocycles. The van der Waals surface area contributed by atoms with Gasteiger partial charge in [-0.15, -0.1) is 0 Å². The fourth-order valence-electron chi connectivity index (χ4n) is 2.63. The van der Waals surface area contributed by atoms with Crippen LogP contribution in [0, 0.1) is 0 Å². The lowest BCUT2D eigenvalue weighted by Crippen LogP contribution is -2.26. The number of fused-ring (bicyclic) bond motifs is 1. The van der Waals surface area contributed by atoms with Gasteiger partial charge in [0.05, 0.1) is 19.1 Å². The number of carbonyl (C=O) groups excluding carboxylic acids is 1. The number of hydrogen-bond donors (Lipinski definition) is 2. The number of benzene rings is 1. The van der Waals surface area contributed by atoms with E-state index in [1.807, 2.05) is 18.2 Å². The van der Waals surface area contributed by atoms with Gasteiger partial charge in [0.25, 0.3) is 0 Å². The fraction of sp³-hybridized carbons (Fsp3) is 0.562. The lowest BCUT2D eigenvalue weighted by Gasteiger charge is -2.22. The molecule has 0 radical (unpaired) electrons. The van der Waals surface area contributed by atoms with Crippen LogP contribution in [0.3, 0.4) is 0 Å². The Kier molecular flexibility index (Phi) is 3.92. The molecule has 0 spiro atoms. The average Bonchev–Trinajstić information content (AvgIpc) is 3.23. The first-order valence-electron chi connectivity index (χ1n) is 7.45. The van der Waals surface area contributed by atoms with Gasteiger partial charge in [-0.1, -0.05) is 6.07 Å². The third kappa shape index (κ3) is 3.31. The summed E-state index contributed by atoms with van der Waals surface area (Å²) in [6, 6.07) is 6.27. The summed E-state index contributed by atoms with van der Waals surface area (Å²) in [6.07, 6.45) is 5.10. The molecular formula is C16H21NO3. The predicted molar refractivity (Wildman–Crippen MR) is 75.6 cm³/mol. The van der Waals surface area contributed by atoms with E-state index in [2.05, 4.69) is 5.32 Å². The van der Waals surface area contributed by atoms with E-state index in [9.17, 15) is 9.90 Å². The third-order valence-electron chi connectivity index (χ3n) is 3.94. The summed E-state index contributed by atoms with van der Waals surface area (Å²) in [4.78, 5) is 11.5. The molecule has 4 heteroatoms. The minimum absolute atomic E-state index is 0.0606. The molecule has 0 unspecified atom stereocenters. The Morgan fingerprint density at radius 2 is 2.20 bits per heavy atom. The van der Waals surface area contributed by atoms with E-state index in [1.165, 1.54) is 5.56 Å². The van der Waals surface area contributed by atoms with Crippen LogP contribution in [0.15, 0.2) is 18.2 Å². The first-order chi connectivity index (χ1) is 9.72. The molecule has 3 rings (SSSR count). The van der Waals surface area contributed by atoms with E-state index < -0.39 is 0 Å². The van der Waals surface area contributed by atoms with Gasteiger partial charge in [0.1, 0.15) is 5.75 Å². The van der Waals surface area contributed by atoms with Crippen molar-refractivity contribution >= 4 is 5.91 Å². The van der Waals surface area contributed by atoms with Crippen LogP contribution >= 0.6 is 0 Å². The highest BCUT2D eigenvalue weighted by atomic mass is 16.5. The number of aliphatic hydroxyl groups is 1. The molecular weight excluding hydrogens is 254 g/mol. The second-order valence-electron chi connectivity index (χ2n) is 5.71. The maximum atomic E-state index is 11.5. The highest BCUT2D eigenvalue weighted by molar-refractivity contribution is 5.76. The lowest BCUT2D eigenvalue weighted by molar-refractivity contribution is -0.121. The van der Waals surface area contributed by atoms with Crippen LogP contribution in [-0.2, 0) is 11.2 Å². The largest absolute Gasteiger partial charge is 0.493 e. The summed E-state index contributed by atoms with van der Waals surface area (Å²) in [5.41, 5.74) is 2.19. The van der Waals surface area contributed by atoms with Crippen molar-refractivity contribution in [2.45, 2.75) is 50.7 Å². The molecule has 1 atom stereocenters. The topological polar surface area (TPSA) is 58.6 Å². The monoisotopic (exact) mass is 275 g/mol. The summed E-state index contributed by atoms with van der Waals surface area (Å²) in [5, 5.41) is 12.9. The standard InChI is InChI=1S/C16H21NO3/c18-15-3-1-2-11-4-7-13(10-14(11)15)20-9-8-16(19)17-12-5-6-12/h4,7,10,12,15,18H,1-3,5-6,8-9H2,(H,17,19)/t15-/m0/s1. The van der Waals surface area contributed by atoms with Gasteiger partial charge >= 0.3 is 0 Å². The number of carbonyl (C=O) groups is 1. The van der Waals surface area contributed by atoms with Gasteiger partial charge in [-0.3, -0.25) is 4.79 Å². The second-order valence-corrected chi connectivity index (χ2v) is 5.71.